The van der Waals surface area contributed by atoms with Gasteiger partial charge in [-0.3, -0.25) is 4.90 Å². The molecule has 1 aliphatic heterocycles. The molecular formula is C11H14BrN3O. The van der Waals surface area contributed by atoms with Crippen LogP contribution in [0.1, 0.15) is 13.8 Å². The summed E-state index contributed by atoms with van der Waals surface area (Å²) in [6, 6.07) is 3.76. The fourth-order valence-electron chi connectivity index (χ4n) is 1.73. The molecule has 0 aromatic carbocycles. The van der Waals surface area contributed by atoms with Gasteiger partial charge in [0.05, 0.1) is 24.0 Å². The van der Waals surface area contributed by atoms with E-state index in [1.807, 2.05) is 19.2 Å². The summed E-state index contributed by atoms with van der Waals surface area (Å²) in [4.78, 5) is 19.7. The number of nitrogens with zero attached hydrogens (tertiary/aromatic N) is 3. The normalized spacial score (nSPS) is 19.4. The molecule has 5 heteroatoms. The first-order valence-corrected chi connectivity index (χ1v) is 5.88. The second kappa shape index (κ2) is 3.73. The van der Waals surface area contributed by atoms with Crippen LogP contribution in [0.4, 0.5) is 10.5 Å². The minimum atomic E-state index is -0.135. The lowest BCUT2D eigenvalue weighted by atomic mass is 10.1. The fraction of sp³-hybridized carbons (Fsp3) is 0.455. The molecule has 1 aliphatic rings. The van der Waals surface area contributed by atoms with Crippen molar-refractivity contribution in [2.75, 3.05) is 18.5 Å². The van der Waals surface area contributed by atoms with E-state index < -0.39 is 0 Å². The van der Waals surface area contributed by atoms with Crippen LogP contribution in [0.25, 0.3) is 0 Å². The molecule has 4 nitrogen and oxygen atoms in total. The largest absolute Gasteiger partial charge is 0.324 e. The number of pyridine rings is 1. The minimum Gasteiger partial charge on any atom is -0.320 e. The van der Waals surface area contributed by atoms with E-state index in [-0.39, 0.29) is 11.6 Å². The third-order valence-corrected chi connectivity index (χ3v) is 3.46. The van der Waals surface area contributed by atoms with E-state index in [0.717, 1.165) is 10.3 Å². The number of anilines is 1. The van der Waals surface area contributed by atoms with E-state index in [1.165, 1.54) is 0 Å². The topological polar surface area (TPSA) is 36.4 Å². The number of aromatic nitrogens is 1. The number of likely N-dealkylation sites (N-methyl/N-ethyl adjacent to an activating group) is 1. The first kappa shape index (κ1) is 11.4. The molecule has 86 valence electrons. The van der Waals surface area contributed by atoms with Crippen LogP contribution in [0.3, 0.4) is 0 Å². The van der Waals surface area contributed by atoms with Gasteiger partial charge in [0, 0.05) is 7.05 Å². The number of urea groups is 1. The maximum absolute atomic E-state index is 12.0. The lowest BCUT2D eigenvalue weighted by molar-refractivity contribution is 0.198. The Morgan fingerprint density at radius 1 is 1.44 bits per heavy atom. The summed E-state index contributed by atoms with van der Waals surface area (Å²) < 4.78 is 0.774. The molecule has 0 unspecified atom stereocenters. The molecule has 1 aromatic heterocycles. The molecule has 0 aliphatic carbocycles. The standard InChI is InChI=1S/C11H14BrN3O/c1-11(2)7-15(10(16)14(11)3)8-4-5-9(12)13-6-8/h4-6H,7H2,1-3H3. The van der Waals surface area contributed by atoms with Crippen molar-refractivity contribution in [2.45, 2.75) is 19.4 Å². The highest BCUT2D eigenvalue weighted by Gasteiger charge is 2.41. The van der Waals surface area contributed by atoms with Crippen molar-refractivity contribution < 1.29 is 4.79 Å². The molecule has 1 fully saturated rings. The van der Waals surface area contributed by atoms with Crippen LogP contribution in [0, 0.1) is 0 Å². The Morgan fingerprint density at radius 3 is 2.56 bits per heavy atom. The Kier molecular flexibility index (Phi) is 2.66. The molecule has 1 saturated heterocycles. The highest BCUT2D eigenvalue weighted by Crippen LogP contribution is 2.28. The van der Waals surface area contributed by atoms with E-state index in [0.29, 0.717) is 6.54 Å². The van der Waals surface area contributed by atoms with Crippen molar-refractivity contribution in [1.29, 1.82) is 0 Å². The highest BCUT2D eigenvalue weighted by atomic mass is 79.9. The molecule has 2 rings (SSSR count). The van der Waals surface area contributed by atoms with Gasteiger partial charge in [-0.05, 0) is 41.9 Å². The van der Waals surface area contributed by atoms with Gasteiger partial charge < -0.3 is 4.90 Å². The van der Waals surface area contributed by atoms with Crippen molar-refractivity contribution >= 4 is 27.6 Å². The number of carbonyl (C=O) groups is 1. The van der Waals surface area contributed by atoms with Crippen LogP contribution < -0.4 is 4.90 Å². The summed E-state index contributed by atoms with van der Waals surface area (Å²) in [5.74, 6) is 0. The SMILES string of the molecule is CN1C(=O)N(c2ccc(Br)nc2)CC1(C)C. The van der Waals surface area contributed by atoms with Gasteiger partial charge in [-0.2, -0.15) is 0 Å². The maximum atomic E-state index is 12.0. The van der Waals surface area contributed by atoms with Crippen LogP contribution in [-0.4, -0.2) is 35.0 Å². The average Bonchev–Trinajstić information content (AvgIpc) is 2.44. The minimum absolute atomic E-state index is 0.0223. The number of hydrogen-bond donors (Lipinski definition) is 0. The lowest BCUT2D eigenvalue weighted by Crippen LogP contribution is -2.38. The average molecular weight is 284 g/mol. The van der Waals surface area contributed by atoms with Gasteiger partial charge in [-0.1, -0.05) is 0 Å². The summed E-state index contributed by atoms with van der Waals surface area (Å²) in [5, 5.41) is 0. The summed E-state index contributed by atoms with van der Waals surface area (Å²) in [7, 11) is 1.83. The fourth-order valence-corrected chi connectivity index (χ4v) is 1.96. The third kappa shape index (κ3) is 1.80. The summed E-state index contributed by atoms with van der Waals surface area (Å²) in [5.41, 5.74) is 0.704. The number of carbonyl (C=O) groups excluding carboxylic acids is 1. The summed E-state index contributed by atoms with van der Waals surface area (Å²) in [6.07, 6.45) is 1.71. The Bertz CT molecular complexity index is 416. The maximum Gasteiger partial charge on any atom is 0.324 e. The van der Waals surface area contributed by atoms with Gasteiger partial charge in [-0.25, -0.2) is 9.78 Å². The molecule has 16 heavy (non-hydrogen) atoms. The quantitative estimate of drug-likeness (QED) is 0.743. The highest BCUT2D eigenvalue weighted by molar-refractivity contribution is 9.10. The van der Waals surface area contributed by atoms with Crippen molar-refractivity contribution in [3.05, 3.63) is 22.9 Å². The molecule has 0 atom stereocenters. The Labute approximate surface area is 103 Å². The summed E-state index contributed by atoms with van der Waals surface area (Å²) >= 11 is 3.28. The van der Waals surface area contributed by atoms with Crippen LogP contribution >= 0.6 is 15.9 Å². The molecule has 0 saturated carbocycles. The smallest absolute Gasteiger partial charge is 0.320 e. The predicted octanol–water partition coefficient (Wildman–Crippen LogP) is 2.49. The van der Waals surface area contributed by atoms with E-state index in [1.54, 1.807) is 16.0 Å². The van der Waals surface area contributed by atoms with Crippen molar-refractivity contribution in [3.8, 4) is 0 Å². The van der Waals surface area contributed by atoms with Gasteiger partial charge in [0.1, 0.15) is 4.60 Å². The number of rotatable bonds is 1. The zero-order valence-electron chi connectivity index (χ0n) is 9.57. The molecule has 0 N–H and O–H groups in total. The van der Waals surface area contributed by atoms with Crippen LogP contribution in [0.15, 0.2) is 22.9 Å². The molecule has 1 aromatic rings. The second-order valence-corrected chi connectivity index (χ2v) is 5.39. The van der Waals surface area contributed by atoms with E-state index in [2.05, 4.69) is 34.8 Å². The van der Waals surface area contributed by atoms with Gasteiger partial charge in [0.15, 0.2) is 0 Å². The predicted molar refractivity (Wildman–Crippen MR) is 66.5 cm³/mol. The molecular weight excluding hydrogens is 270 g/mol. The molecule has 0 radical (unpaired) electrons. The Hall–Kier alpha value is -1.10. The molecule has 0 bridgehead atoms. The van der Waals surface area contributed by atoms with E-state index >= 15 is 0 Å². The van der Waals surface area contributed by atoms with Gasteiger partial charge in [0.2, 0.25) is 0 Å². The Morgan fingerprint density at radius 2 is 2.12 bits per heavy atom. The monoisotopic (exact) mass is 283 g/mol. The Balaban J connectivity index is 2.30. The zero-order chi connectivity index (χ0) is 11.9. The van der Waals surface area contributed by atoms with Crippen molar-refractivity contribution in [2.24, 2.45) is 0 Å². The van der Waals surface area contributed by atoms with Gasteiger partial charge >= 0.3 is 6.03 Å². The molecule has 2 amide bonds. The van der Waals surface area contributed by atoms with Crippen molar-refractivity contribution in [3.63, 3.8) is 0 Å². The van der Waals surface area contributed by atoms with Gasteiger partial charge in [-0.15, -0.1) is 0 Å². The van der Waals surface area contributed by atoms with Crippen molar-refractivity contribution in [1.82, 2.24) is 9.88 Å². The number of amides is 2. The number of halogens is 1. The first-order chi connectivity index (χ1) is 7.42. The van der Waals surface area contributed by atoms with Crippen LogP contribution in [-0.2, 0) is 0 Å². The first-order valence-electron chi connectivity index (χ1n) is 5.09. The lowest BCUT2D eigenvalue weighted by Gasteiger charge is -2.24. The van der Waals surface area contributed by atoms with Crippen LogP contribution in [0.2, 0.25) is 0 Å². The van der Waals surface area contributed by atoms with E-state index in [4.69, 9.17) is 0 Å². The molecule has 0 spiro atoms. The second-order valence-electron chi connectivity index (χ2n) is 4.58. The van der Waals surface area contributed by atoms with E-state index in [9.17, 15) is 4.79 Å². The van der Waals surface area contributed by atoms with Gasteiger partial charge in [0.25, 0.3) is 0 Å². The molecule has 2 heterocycles. The third-order valence-electron chi connectivity index (χ3n) is 2.99. The van der Waals surface area contributed by atoms with Crippen LogP contribution in [0.5, 0.6) is 0 Å². The number of hydrogen-bond acceptors (Lipinski definition) is 2. The zero-order valence-corrected chi connectivity index (χ0v) is 11.2. The summed E-state index contributed by atoms with van der Waals surface area (Å²) in [6.45, 7) is 4.79.